The van der Waals surface area contributed by atoms with Crippen LogP contribution >= 0.6 is 0 Å². The molecule has 1 nitrogen and oxygen atoms in total. The van der Waals surface area contributed by atoms with Crippen molar-refractivity contribution in [2.45, 2.75) is 0 Å². The summed E-state index contributed by atoms with van der Waals surface area (Å²) in [6.07, 6.45) is 0. The number of nitrogens with zero attached hydrogens (tertiary/aromatic N) is 1. The summed E-state index contributed by atoms with van der Waals surface area (Å²) in [6.45, 7) is 0. The van der Waals surface area contributed by atoms with E-state index in [-0.39, 0.29) is 0 Å². The van der Waals surface area contributed by atoms with Gasteiger partial charge in [-0.3, -0.25) is 0 Å². The average molecular weight is 632 g/mol. The maximum absolute atomic E-state index is 10.4. The number of hydrogen-bond acceptors (Lipinski definition) is 1. The van der Waals surface area contributed by atoms with Gasteiger partial charge in [0, 0.05) is 5.56 Å². The third-order valence-corrected chi connectivity index (χ3v) is 10.4. The van der Waals surface area contributed by atoms with Gasteiger partial charge in [0.15, 0.2) is 0 Å². The monoisotopic (exact) mass is 631 g/mol. The molecular formula is C49H29N. The van der Waals surface area contributed by atoms with Crippen LogP contribution in [0.2, 0.25) is 0 Å². The molecule has 0 N–H and O–H groups in total. The van der Waals surface area contributed by atoms with E-state index in [2.05, 4.69) is 176 Å². The van der Waals surface area contributed by atoms with Crippen molar-refractivity contribution in [3.63, 3.8) is 0 Å². The Labute approximate surface area is 291 Å². The molecule has 0 unspecified atom stereocenters. The van der Waals surface area contributed by atoms with E-state index in [9.17, 15) is 5.26 Å². The second-order valence-electron chi connectivity index (χ2n) is 13.1. The second-order valence-corrected chi connectivity index (χ2v) is 13.1. The fourth-order valence-corrected chi connectivity index (χ4v) is 8.26. The zero-order valence-electron chi connectivity index (χ0n) is 27.2. The fourth-order valence-electron chi connectivity index (χ4n) is 8.26. The molecule has 0 bridgehead atoms. The van der Waals surface area contributed by atoms with E-state index in [1.54, 1.807) is 0 Å². The van der Waals surface area contributed by atoms with Gasteiger partial charge in [-0.15, -0.1) is 0 Å². The Balaban J connectivity index is 1.28. The smallest absolute Gasteiger partial charge is 0.0998 e. The van der Waals surface area contributed by atoms with Crippen LogP contribution in [0.3, 0.4) is 0 Å². The lowest BCUT2D eigenvalue weighted by Gasteiger charge is -2.20. The molecule has 0 aromatic heterocycles. The molecule has 10 rings (SSSR count). The van der Waals surface area contributed by atoms with Crippen LogP contribution in [0.4, 0.5) is 0 Å². The molecule has 230 valence electrons. The van der Waals surface area contributed by atoms with Crippen LogP contribution in [0.5, 0.6) is 0 Å². The summed E-state index contributed by atoms with van der Waals surface area (Å²) in [7, 11) is 0. The molecule has 9 aromatic rings. The number of fused-ring (bicyclic) bond motifs is 5. The van der Waals surface area contributed by atoms with E-state index < -0.39 is 0 Å². The molecule has 0 radical (unpaired) electrons. The van der Waals surface area contributed by atoms with Crippen LogP contribution in [-0.2, 0) is 0 Å². The van der Waals surface area contributed by atoms with Gasteiger partial charge in [0.1, 0.15) is 0 Å². The minimum atomic E-state index is 0.673. The predicted molar refractivity (Wildman–Crippen MR) is 210 cm³/mol. The van der Waals surface area contributed by atoms with Gasteiger partial charge in [-0.1, -0.05) is 158 Å². The zero-order valence-corrected chi connectivity index (χ0v) is 27.2. The van der Waals surface area contributed by atoms with Crippen LogP contribution < -0.4 is 0 Å². The lowest BCUT2D eigenvalue weighted by molar-refractivity contribution is 1.48. The van der Waals surface area contributed by atoms with Crippen LogP contribution in [0.1, 0.15) is 5.56 Å². The summed E-state index contributed by atoms with van der Waals surface area (Å²) in [5, 5.41) is 17.7. The summed E-state index contributed by atoms with van der Waals surface area (Å²) in [5.41, 5.74) is 14.9. The molecule has 1 heteroatoms. The Hall–Kier alpha value is -6.75. The zero-order chi connectivity index (χ0) is 33.2. The van der Waals surface area contributed by atoms with Gasteiger partial charge >= 0.3 is 0 Å². The molecular weight excluding hydrogens is 603 g/mol. The SMILES string of the molecule is N#Cc1ccc(-c2ccc3ccccc3c2)cc1-c1ccc2c3c(cccc13)-c1c-2c(-c2ccccc2)c2ccccc2c1-c1ccccc1. The van der Waals surface area contributed by atoms with Crippen molar-refractivity contribution >= 4 is 32.3 Å². The van der Waals surface area contributed by atoms with Crippen LogP contribution in [0, 0.1) is 11.3 Å². The Bertz CT molecular complexity index is 2760. The first-order chi connectivity index (χ1) is 24.8. The van der Waals surface area contributed by atoms with Gasteiger partial charge in [0.25, 0.3) is 0 Å². The first-order valence-electron chi connectivity index (χ1n) is 17.1. The van der Waals surface area contributed by atoms with Crippen molar-refractivity contribution < 1.29 is 0 Å². The third-order valence-electron chi connectivity index (χ3n) is 10.4. The van der Waals surface area contributed by atoms with E-state index >= 15 is 0 Å². The maximum atomic E-state index is 10.4. The summed E-state index contributed by atoms with van der Waals surface area (Å²) >= 11 is 0. The standard InChI is InChI=1S/C49H29N/c50-30-37-25-24-36(35-23-22-31-12-7-8-17-34(31)28-35)29-44(37)38-26-27-43-47-39(38)20-11-21-42(47)48-45(32-13-3-1-4-14-32)40-18-9-10-19-41(40)46(49(43)48)33-15-5-2-6-16-33/h1-29H. The van der Waals surface area contributed by atoms with Gasteiger partial charge in [-0.2, -0.15) is 5.26 Å². The van der Waals surface area contributed by atoms with Crippen molar-refractivity contribution in [3.05, 3.63) is 181 Å². The molecule has 0 saturated heterocycles. The van der Waals surface area contributed by atoms with Gasteiger partial charge in [-0.25, -0.2) is 0 Å². The largest absolute Gasteiger partial charge is 0.192 e. The molecule has 0 saturated carbocycles. The van der Waals surface area contributed by atoms with E-state index in [1.807, 2.05) is 6.07 Å². The Morgan fingerprint density at radius 2 is 0.860 bits per heavy atom. The highest BCUT2D eigenvalue weighted by atomic mass is 14.3. The summed E-state index contributed by atoms with van der Waals surface area (Å²) in [5.74, 6) is 0. The highest BCUT2D eigenvalue weighted by molar-refractivity contribution is 6.28. The van der Waals surface area contributed by atoms with Crippen LogP contribution in [0.25, 0.3) is 99.1 Å². The van der Waals surface area contributed by atoms with Crippen molar-refractivity contribution in [2.75, 3.05) is 0 Å². The molecule has 0 atom stereocenters. The Kier molecular flexibility index (Phi) is 6.31. The maximum Gasteiger partial charge on any atom is 0.0998 e. The van der Waals surface area contributed by atoms with Crippen molar-refractivity contribution in [1.29, 1.82) is 5.26 Å². The lowest BCUT2D eigenvalue weighted by atomic mass is 9.82. The first kappa shape index (κ1) is 28.3. The number of hydrogen-bond donors (Lipinski definition) is 0. The molecule has 0 fully saturated rings. The lowest BCUT2D eigenvalue weighted by Crippen LogP contribution is -1.93. The van der Waals surface area contributed by atoms with Crippen molar-refractivity contribution in [1.82, 2.24) is 0 Å². The first-order valence-corrected chi connectivity index (χ1v) is 17.1. The predicted octanol–water partition coefficient (Wildman–Crippen LogP) is 13.3. The molecule has 9 aromatic carbocycles. The third kappa shape index (κ3) is 4.19. The van der Waals surface area contributed by atoms with Gasteiger partial charge < -0.3 is 0 Å². The van der Waals surface area contributed by atoms with E-state index in [4.69, 9.17) is 0 Å². The average Bonchev–Trinajstić information content (AvgIpc) is 3.52. The summed E-state index contributed by atoms with van der Waals surface area (Å²) in [6, 6.07) is 65.6. The normalized spacial score (nSPS) is 11.6. The molecule has 0 aliphatic heterocycles. The fraction of sp³-hybridized carbons (Fsp3) is 0. The number of benzene rings is 9. The molecule has 1 aliphatic rings. The van der Waals surface area contributed by atoms with Crippen LogP contribution in [0.15, 0.2) is 176 Å². The van der Waals surface area contributed by atoms with Gasteiger partial charge in [0.05, 0.1) is 11.6 Å². The molecule has 0 heterocycles. The van der Waals surface area contributed by atoms with E-state index in [0.29, 0.717) is 5.56 Å². The Morgan fingerprint density at radius 3 is 1.54 bits per heavy atom. The van der Waals surface area contributed by atoms with Gasteiger partial charge in [-0.05, 0) is 112 Å². The number of nitriles is 1. The second kappa shape index (κ2) is 11.2. The minimum Gasteiger partial charge on any atom is -0.192 e. The van der Waals surface area contributed by atoms with Gasteiger partial charge in [0.2, 0.25) is 0 Å². The Morgan fingerprint density at radius 1 is 0.320 bits per heavy atom. The summed E-state index contributed by atoms with van der Waals surface area (Å²) in [4.78, 5) is 0. The minimum absolute atomic E-state index is 0.673. The molecule has 1 aliphatic carbocycles. The molecule has 50 heavy (non-hydrogen) atoms. The summed E-state index contributed by atoms with van der Waals surface area (Å²) < 4.78 is 0. The molecule has 0 amide bonds. The van der Waals surface area contributed by atoms with Crippen LogP contribution in [-0.4, -0.2) is 0 Å². The van der Waals surface area contributed by atoms with E-state index in [1.165, 1.54) is 71.4 Å². The quantitative estimate of drug-likeness (QED) is 0.190. The van der Waals surface area contributed by atoms with Crippen molar-refractivity contribution in [2.24, 2.45) is 0 Å². The highest BCUT2D eigenvalue weighted by Gasteiger charge is 2.31. The van der Waals surface area contributed by atoms with Crippen molar-refractivity contribution in [3.8, 4) is 72.8 Å². The highest BCUT2D eigenvalue weighted by Crippen LogP contribution is 2.58. The van der Waals surface area contributed by atoms with E-state index in [0.717, 1.165) is 27.6 Å². The topological polar surface area (TPSA) is 23.8 Å². The molecule has 0 spiro atoms. The number of rotatable bonds is 4.